The number of nitrogens with zero attached hydrogens (tertiary/aromatic N) is 1. The molecule has 0 unspecified atom stereocenters. The number of anilines is 1. The van der Waals surface area contributed by atoms with Crippen LogP contribution in [0.25, 0.3) is 22.6 Å². The normalized spacial score (nSPS) is 15.8. The topological polar surface area (TPSA) is 113 Å². The molecule has 1 amide bonds. The summed E-state index contributed by atoms with van der Waals surface area (Å²) < 4.78 is 21.8. The van der Waals surface area contributed by atoms with Gasteiger partial charge >= 0.3 is 5.97 Å². The molecule has 0 saturated heterocycles. The molecule has 1 aromatic heterocycles. The average molecular weight is 535 g/mol. The smallest absolute Gasteiger partial charge is 0.339 e. The van der Waals surface area contributed by atoms with E-state index >= 15 is 0 Å². The molecule has 9 heteroatoms. The van der Waals surface area contributed by atoms with Crippen molar-refractivity contribution >= 4 is 45.9 Å². The Morgan fingerprint density at radius 2 is 1.80 bits per heavy atom. The minimum absolute atomic E-state index is 0.0737. The number of nitrogens with one attached hydrogen (secondary N) is 1. The van der Waals surface area contributed by atoms with Crippen molar-refractivity contribution in [2.45, 2.75) is 12.8 Å². The zero-order valence-corrected chi connectivity index (χ0v) is 21.2. The van der Waals surface area contributed by atoms with Crippen LogP contribution in [-0.2, 0) is 16.0 Å². The third-order valence-corrected chi connectivity index (χ3v) is 7.15. The molecular weight excluding hydrogens is 512 g/mol. The number of para-hydroxylation sites is 1. The highest BCUT2D eigenvalue weighted by Crippen LogP contribution is 2.39. The van der Waals surface area contributed by atoms with Crippen LogP contribution in [0.2, 0.25) is 0 Å². The lowest BCUT2D eigenvalue weighted by Crippen LogP contribution is -2.25. The lowest BCUT2D eigenvalue weighted by Gasteiger charge is -2.18. The third-order valence-electron chi connectivity index (χ3n) is 7.15. The number of rotatable bonds is 5. The summed E-state index contributed by atoms with van der Waals surface area (Å²) in [6.45, 7) is -0.315. The number of pyridine rings is 1. The van der Waals surface area contributed by atoms with Crippen LogP contribution in [0, 0.1) is 0 Å². The molecule has 3 heterocycles. The molecule has 1 aliphatic carbocycles. The van der Waals surface area contributed by atoms with Crippen LogP contribution in [0.3, 0.4) is 0 Å². The molecule has 198 valence electrons. The van der Waals surface area contributed by atoms with E-state index in [1.807, 2.05) is 48.5 Å². The Morgan fingerprint density at radius 3 is 2.73 bits per heavy atom. The molecule has 9 nitrogen and oxygen atoms in total. The number of benzene rings is 3. The SMILES string of the molecule is O=C1COc2ccc(C(=O)COC(=O)c3c4c(nc5ccccc35)/C(=C/c3ccc5c(c3)OCO5)CC4)cc2N1. The summed E-state index contributed by atoms with van der Waals surface area (Å²) in [6.07, 6.45) is 3.37. The molecule has 0 bridgehead atoms. The summed E-state index contributed by atoms with van der Waals surface area (Å²) in [4.78, 5) is 42.9. The van der Waals surface area contributed by atoms with E-state index in [1.165, 1.54) is 6.07 Å². The van der Waals surface area contributed by atoms with E-state index in [0.29, 0.717) is 57.8 Å². The van der Waals surface area contributed by atoms with E-state index in [9.17, 15) is 14.4 Å². The molecular formula is C31H22N2O7. The van der Waals surface area contributed by atoms with Crippen molar-refractivity contribution in [1.82, 2.24) is 4.98 Å². The Balaban J connectivity index is 1.18. The van der Waals surface area contributed by atoms with E-state index < -0.39 is 18.4 Å². The molecule has 2 aliphatic heterocycles. The van der Waals surface area contributed by atoms with Crippen LogP contribution < -0.4 is 19.5 Å². The van der Waals surface area contributed by atoms with Gasteiger partial charge in [-0.25, -0.2) is 9.78 Å². The molecule has 0 radical (unpaired) electrons. The number of carbonyl (C=O) groups excluding carboxylic acids is 3. The Morgan fingerprint density at radius 1 is 0.950 bits per heavy atom. The number of fused-ring (bicyclic) bond motifs is 4. The fourth-order valence-corrected chi connectivity index (χ4v) is 5.26. The Bertz CT molecular complexity index is 1780. The van der Waals surface area contributed by atoms with E-state index in [1.54, 1.807) is 12.1 Å². The predicted molar refractivity (Wildman–Crippen MR) is 146 cm³/mol. The minimum Gasteiger partial charge on any atom is -0.482 e. The number of carbonyl (C=O) groups is 3. The van der Waals surface area contributed by atoms with Gasteiger partial charge in [0.1, 0.15) is 5.75 Å². The first kappa shape index (κ1) is 23.9. The third kappa shape index (κ3) is 4.21. The van der Waals surface area contributed by atoms with Crippen LogP contribution in [0.5, 0.6) is 17.2 Å². The number of Topliss-reactive ketones (excluding diaryl/α,β-unsaturated/α-hetero) is 1. The number of ether oxygens (including phenoxy) is 4. The first-order valence-corrected chi connectivity index (χ1v) is 12.8. The standard InChI is InChI=1S/C31H22N2O7/c34-24(18-7-10-25-23(13-18)32-28(35)15-37-25)14-38-31(36)29-20-3-1-2-4-22(20)33-30-19(6-8-21(29)30)11-17-5-9-26-27(12-17)40-16-39-26/h1-5,7,9-13H,6,8,14-16H2,(H,32,35)/b19-11+. The average Bonchev–Trinajstić information content (AvgIpc) is 3.60. The summed E-state index contributed by atoms with van der Waals surface area (Å²) >= 11 is 0. The molecule has 4 aromatic rings. The van der Waals surface area contributed by atoms with Crippen molar-refractivity contribution < 1.29 is 33.3 Å². The number of aromatic nitrogens is 1. The fourth-order valence-electron chi connectivity index (χ4n) is 5.26. The maximum Gasteiger partial charge on any atom is 0.339 e. The second-order valence-corrected chi connectivity index (χ2v) is 9.66. The van der Waals surface area contributed by atoms with Gasteiger partial charge in [-0.15, -0.1) is 0 Å². The Hall–Kier alpha value is -5.18. The molecule has 0 spiro atoms. The van der Waals surface area contributed by atoms with E-state index in [4.69, 9.17) is 23.9 Å². The lowest BCUT2D eigenvalue weighted by molar-refractivity contribution is -0.118. The van der Waals surface area contributed by atoms with Gasteiger partial charge in [-0.2, -0.15) is 0 Å². The molecule has 0 saturated carbocycles. The van der Waals surface area contributed by atoms with Crippen molar-refractivity contribution in [2.24, 2.45) is 0 Å². The van der Waals surface area contributed by atoms with E-state index in [0.717, 1.165) is 22.4 Å². The van der Waals surface area contributed by atoms with Crippen molar-refractivity contribution in [3.8, 4) is 17.2 Å². The van der Waals surface area contributed by atoms with Crippen LogP contribution >= 0.6 is 0 Å². The minimum atomic E-state index is -0.581. The van der Waals surface area contributed by atoms with Crippen LogP contribution in [-0.4, -0.2) is 42.7 Å². The zero-order chi connectivity index (χ0) is 27.2. The predicted octanol–water partition coefficient (Wildman–Crippen LogP) is 4.82. The molecule has 0 atom stereocenters. The van der Waals surface area contributed by atoms with Gasteiger partial charge in [-0.3, -0.25) is 9.59 Å². The van der Waals surface area contributed by atoms with Crippen molar-refractivity contribution in [3.63, 3.8) is 0 Å². The van der Waals surface area contributed by atoms with Crippen molar-refractivity contribution in [2.75, 3.05) is 25.3 Å². The number of esters is 1. The van der Waals surface area contributed by atoms with Crippen molar-refractivity contribution in [1.29, 1.82) is 0 Å². The largest absolute Gasteiger partial charge is 0.482 e. The number of hydrogen-bond acceptors (Lipinski definition) is 8. The summed E-state index contributed by atoms with van der Waals surface area (Å²) in [7, 11) is 0. The highest BCUT2D eigenvalue weighted by molar-refractivity contribution is 6.08. The molecule has 40 heavy (non-hydrogen) atoms. The molecule has 7 rings (SSSR count). The molecule has 3 aromatic carbocycles. The van der Waals surface area contributed by atoms with Gasteiger partial charge in [0.25, 0.3) is 5.91 Å². The lowest BCUT2D eigenvalue weighted by atomic mass is 10.0. The van der Waals surface area contributed by atoms with Gasteiger partial charge < -0.3 is 24.3 Å². The molecule has 3 aliphatic rings. The number of allylic oxidation sites excluding steroid dienone is 1. The highest BCUT2D eigenvalue weighted by Gasteiger charge is 2.28. The monoisotopic (exact) mass is 534 g/mol. The number of ketones is 1. The van der Waals surface area contributed by atoms with Gasteiger partial charge in [-0.1, -0.05) is 24.3 Å². The molecule has 1 N–H and O–H groups in total. The summed E-state index contributed by atoms with van der Waals surface area (Å²) in [6, 6.07) is 17.9. The first-order chi connectivity index (χ1) is 19.5. The van der Waals surface area contributed by atoms with Gasteiger partial charge in [0.2, 0.25) is 6.79 Å². The second-order valence-electron chi connectivity index (χ2n) is 9.66. The van der Waals surface area contributed by atoms with Gasteiger partial charge in [0, 0.05) is 10.9 Å². The maximum absolute atomic E-state index is 13.5. The van der Waals surface area contributed by atoms with Gasteiger partial charge in [0.15, 0.2) is 30.5 Å². The van der Waals surface area contributed by atoms with Gasteiger partial charge in [-0.05, 0) is 72.0 Å². The van der Waals surface area contributed by atoms with Gasteiger partial charge in [0.05, 0.1) is 22.5 Å². The van der Waals surface area contributed by atoms with Crippen LogP contribution in [0.15, 0.2) is 60.7 Å². The van der Waals surface area contributed by atoms with E-state index in [-0.39, 0.29) is 19.3 Å². The highest BCUT2D eigenvalue weighted by atomic mass is 16.7. The van der Waals surface area contributed by atoms with Crippen LogP contribution in [0.4, 0.5) is 5.69 Å². The number of hydrogen-bond donors (Lipinski definition) is 1. The fraction of sp³-hybridized carbons (Fsp3) is 0.161. The molecule has 0 fully saturated rings. The van der Waals surface area contributed by atoms with Crippen molar-refractivity contribution in [3.05, 3.63) is 88.6 Å². The summed E-state index contributed by atoms with van der Waals surface area (Å²) in [5.74, 6) is 0.620. The van der Waals surface area contributed by atoms with Crippen LogP contribution in [0.1, 0.15) is 44.0 Å². The Kier molecular flexibility index (Phi) is 5.70. The quantitative estimate of drug-likeness (QED) is 0.286. The summed E-state index contributed by atoms with van der Waals surface area (Å²) in [5, 5.41) is 3.36. The first-order valence-electron chi connectivity index (χ1n) is 12.8. The summed E-state index contributed by atoms with van der Waals surface area (Å²) in [5.41, 5.74) is 5.31. The van der Waals surface area contributed by atoms with E-state index in [2.05, 4.69) is 5.32 Å². The Labute approximate surface area is 228 Å². The zero-order valence-electron chi connectivity index (χ0n) is 21.2. The second kappa shape index (κ2) is 9.53. The number of amides is 1. The maximum atomic E-state index is 13.5.